The third kappa shape index (κ3) is 3.18. The monoisotopic (exact) mass is 306 g/mol. The highest BCUT2D eigenvalue weighted by Crippen LogP contribution is 2.47. The highest BCUT2D eigenvalue weighted by atomic mass is 14.4. The van der Waals surface area contributed by atoms with Gasteiger partial charge in [0, 0.05) is 0 Å². The maximum Gasteiger partial charge on any atom is -0.00991 e. The Morgan fingerprint density at radius 1 is 0.609 bits per heavy atom. The molecule has 2 aromatic carbocycles. The van der Waals surface area contributed by atoms with Crippen molar-refractivity contribution in [3.05, 3.63) is 48.0 Å². The number of hydrogen-bond donors (Lipinski definition) is 0. The Bertz CT molecular complexity index is 606. The van der Waals surface area contributed by atoms with Crippen molar-refractivity contribution in [2.24, 2.45) is 11.8 Å². The standard InChI is InChI=1S/C23H30/c1-3-11-19(12-4-1)23(20-13-5-2-6-14-20)22-17-9-15-18-10-7-8-16-21(18)22/h7-10,15-17,19-20,23H,1-6,11-14H2. The molecule has 2 fully saturated rings. The van der Waals surface area contributed by atoms with Crippen molar-refractivity contribution in [2.45, 2.75) is 70.1 Å². The molecule has 0 nitrogen and oxygen atoms in total. The highest BCUT2D eigenvalue weighted by Gasteiger charge is 2.33. The van der Waals surface area contributed by atoms with Gasteiger partial charge >= 0.3 is 0 Å². The maximum atomic E-state index is 2.45. The Labute approximate surface area is 141 Å². The first kappa shape index (κ1) is 15.2. The lowest BCUT2D eigenvalue weighted by molar-refractivity contribution is 0.203. The lowest BCUT2D eigenvalue weighted by atomic mass is 9.66. The Morgan fingerprint density at radius 3 is 1.83 bits per heavy atom. The second-order valence-corrected chi connectivity index (χ2v) is 7.89. The lowest BCUT2D eigenvalue weighted by Gasteiger charge is -2.38. The molecular weight excluding hydrogens is 276 g/mol. The van der Waals surface area contributed by atoms with Crippen molar-refractivity contribution < 1.29 is 0 Å². The van der Waals surface area contributed by atoms with Crippen LogP contribution in [0.1, 0.15) is 75.7 Å². The van der Waals surface area contributed by atoms with E-state index in [4.69, 9.17) is 0 Å². The average molecular weight is 306 g/mol. The molecule has 4 rings (SSSR count). The number of fused-ring (bicyclic) bond motifs is 1. The van der Waals surface area contributed by atoms with Crippen LogP contribution in [-0.2, 0) is 0 Å². The summed E-state index contributed by atoms with van der Waals surface area (Å²) in [4.78, 5) is 0. The predicted molar refractivity (Wildman–Crippen MR) is 99.8 cm³/mol. The zero-order valence-corrected chi connectivity index (χ0v) is 14.3. The van der Waals surface area contributed by atoms with Crippen LogP contribution in [0.4, 0.5) is 0 Å². The summed E-state index contributed by atoms with van der Waals surface area (Å²) in [5, 5.41) is 2.96. The van der Waals surface area contributed by atoms with Crippen molar-refractivity contribution in [1.82, 2.24) is 0 Å². The van der Waals surface area contributed by atoms with Crippen molar-refractivity contribution >= 4 is 10.8 Å². The molecule has 0 radical (unpaired) electrons. The van der Waals surface area contributed by atoms with Gasteiger partial charge in [-0.15, -0.1) is 0 Å². The van der Waals surface area contributed by atoms with Gasteiger partial charge < -0.3 is 0 Å². The van der Waals surface area contributed by atoms with Crippen LogP contribution in [0.5, 0.6) is 0 Å². The van der Waals surface area contributed by atoms with Crippen LogP contribution < -0.4 is 0 Å². The molecule has 0 atom stereocenters. The van der Waals surface area contributed by atoms with Gasteiger partial charge in [0.25, 0.3) is 0 Å². The molecule has 0 spiro atoms. The molecule has 2 aliphatic rings. The van der Waals surface area contributed by atoms with Gasteiger partial charge in [0.05, 0.1) is 0 Å². The summed E-state index contributed by atoms with van der Waals surface area (Å²) >= 11 is 0. The van der Waals surface area contributed by atoms with E-state index < -0.39 is 0 Å². The summed E-state index contributed by atoms with van der Waals surface area (Å²) in [6, 6.07) is 16.1. The molecule has 2 saturated carbocycles. The molecule has 0 heterocycles. The Morgan fingerprint density at radius 2 is 1.17 bits per heavy atom. The molecule has 0 aliphatic heterocycles. The van der Waals surface area contributed by atoms with Crippen molar-refractivity contribution in [3.8, 4) is 0 Å². The first-order valence-corrected chi connectivity index (χ1v) is 9.91. The normalized spacial score (nSPS) is 21.1. The molecule has 0 bridgehead atoms. The second kappa shape index (κ2) is 7.07. The molecule has 2 aliphatic carbocycles. The van der Waals surface area contributed by atoms with Crippen LogP contribution in [0.15, 0.2) is 42.5 Å². The molecule has 0 aromatic heterocycles. The first-order valence-electron chi connectivity index (χ1n) is 9.91. The third-order valence-electron chi connectivity index (χ3n) is 6.50. The molecule has 122 valence electrons. The molecule has 0 N–H and O–H groups in total. The van der Waals surface area contributed by atoms with Crippen LogP contribution >= 0.6 is 0 Å². The first-order chi connectivity index (χ1) is 11.4. The Kier molecular flexibility index (Phi) is 4.69. The smallest absolute Gasteiger partial charge is 0.00991 e. The minimum atomic E-state index is 0.807. The number of hydrogen-bond acceptors (Lipinski definition) is 0. The fraction of sp³-hybridized carbons (Fsp3) is 0.565. The molecular formula is C23H30. The fourth-order valence-corrected chi connectivity index (χ4v) is 5.42. The Hall–Kier alpha value is -1.30. The van der Waals surface area contributed by atoms with Gasteiger partial charge in [-0.1, -0.05) is 81.0 Å². The average Bonchev–Trinajstić information content (AvgIpc) is 2.64. The molecule has 23 heavy (non-hydrogen) atoms. The fourth-order valence-electron chi connectivity index (χ4n) is 5.42. The van der Waals surface area contributed by atoms with Crippen LogP contribution in [-0.4, -0.2) is 0 Å². The quantitative estimate of drug-likeness (QED) is 0.568. The molecule has 0 saturated heterocycles. The van der Waals surface area contributed by atoms with E-state index in [1.165, 1.54) is 75.0 Å². The van der Waals surface area contributed by atoms with Crippen LogP contribution in [0.3, 0.4) is 0 Å². The second-order valence-electron chi connectivity index (χ2n) is 7.89. The van der Waals surface area contributed by atoms with Crippen molar-refractivity contribution in [3.63, 3.8) is 0 Å². The van der Waals surface area contributed by atoms with Gasteiger partial charge in [-0.2, -0.15) is 0 Å². The molecule has 0 unspecified atom stereocenters. The van der Waals surface area contributed by atoms with Crippen LogP contribution in [0, 0.1) is 11.8 Å². The summed E-state index contributed by atoms with van der Waals surface area (Å²) in [5.74, 6) is 2.66. The third-order valence-corrected chi connectivity index (χ3v) is 6.50. The van der Waals surface area contributed by atoms with Gasteiger partial charge in [0.15, 0.2) is 0 Å². The minimum absolute atomic E-state index is 0.807. The van der Waals surface area contributed by atoms with E-state index in [1.807, 2.05) is 0 Å². The maximum absolute atomic E-state index is 2.45. The zero-order valence-electron chi connectivity index (χ0n) is 14.3. The van der Waals surface area contributed by atoms with Crippen LogP contribution in [0.25, 0.3) is 10.8 Å². The van der Waals surface area contributed by atoms with E-state index in [1.54, 1.807) is 5.56 Å². The minimum Gasteiger partial charge on any atom is -0.0616 e. The lowest BCUT2D eigenvalue weighted by Crippen LogP contribution is -2.25. The number of rotatable bonds is 3. The van der Waals surface area contributed by atoms with E-state index in [9.17, 15) is 0 Å². The van der Waals surface area contributed by atoms with E-state index in [2.05, 4.69) is 42.5 Å². The van der Waals surface area contributed by atoms with Gasteiger partial charge in [-0.25, -0.2) is 0 Å². The van der Waals surface area contributed by atoms with E-state index in [0.29, 0.717) is 0 Å². The van der Waals surface area contributed by atoms with E-state index in [0.717, 1.165) is 17.8 Å². The zero-order chi connectivity index (χ0) is 15.5. The van der Waals surface area contributed by atoms with Gasteiger partial charge in [0.1, 0.15) is 0 Å². The predicted octanol–water partition coefficient (Wildman–Crippen LogP) is 7.08. The van der Waals surface area contributed by atoms with Crippen molar-refractivity contribution in [2.75, 3.05) is 0 Å². The van der Waals surface area contributed by atoms with E-state index >= 15 is 0 Å². The van der Waals surface area contributed by atoms with Gasteiger partial charge in [-0.3, -0.25) is 0 Å². The van der Waals surface area contributed by atoms with Crippen LogP contribution in [0.2, 0.25) is 0 Å². The van der Waals surface area contributed by atoms with E-state index in [-0.39, 0.29) is 0 Å². The molecule has 0 amide bonds. The molecule has 0 heteroatoms. The van der Waals surface area contributed by atoms with Crippen molar-refractivity contribution in [1.29, 1.82) is 0 Å². The van der Waals surface area contributed by atoms with Gasteiger partial charge in [-0.05, 0) is 59.8 Å². The summed E-state index contributed by atoms with van der Waals surface area (Å²) in [7, 11) is 0. The SMILES string of the molecule is c1ccc2c(C(C3CCCCC3)C3CCCCC3)cccc2c1. The number of benzene rings is 2. The summed E-state index contributed by atoms with van der Waals surface area (Å²) in [6.07, 6.45) is 14.6. The molecule has 2 aromatic rings. The summed E-state index contributed by atoms with van der Waals surface area (Å²) in [6.45, 7) is 0. The Balaban J connectivity index is 1.76. The van der Waals surface area contributed by atoms with Gasteiger partial charge in [0.2, 0.25) is 0 Å². The summed E-state index contributed by atoms with van der Waals surface area (Å²) < 4.78 is 0. The topological polar surface area (TPSA) is 0 Å². The summed E-state index contributed by atoms with van der Waals surface area (Å²) in [5.41, 5.74) is 1.67. The highest BCUT2D eigenvalue weighted by molar-refractivity contribution is 5.86. The largest absolute Gasteiger partial charge is 0.0616 e.